The molecule has 0 spiro atoms. The van der Waals surface area contributed by atoms with Gasteiger partial charge in [-0.05, 0) is 61.4 Å². The van der Waals surface area contributed by atoms with E-state index in [0.29, 0.717) is 63.7 Å². The van der Waals surface area contributed by atoms with E-state index in [4.69, 9.17) is 14.2 Å². The summed E-state index contributed by atoms with van der Waals surface area (Å²) in [6.07, 6.45) is 2.98. The van der Waals surface area contributed by atoms with Gasteiger partial charge in [0.05, 0.1) is 33.5 Å². The largest absolute Gasteiger partial charge is 0.497 e. The van der Waals surface area contributed by atoms with E-state index < -0.39 is 0 Å². The fourth-order valence-corrected chi connectivity index (χ4v) is 5.96. The zero-order chi connectivity index (χ0) is 27.9. The molecule has 214 valence electrons. The average molecular weight is 550 g/mol. The van der Waals surface area contributed by atoms with Crippen molar-refractivity contribution < 1.29 is 28.6 Å². The number of piperidine rings is 1. The van der Waals surface area contributed by atoms with Crippen LogP contribution in [-0.4, -0.2) is 92.1 Å². The number of carbonyl (C=O) groups is 3. The molecule has 0 N–H and O–H groups in total. The molecule has 3 heterocycles. The van der Waals surface area contributed by atoms with Gasteiger partial charge in [-0.1, -0.05) is 18.2 Å². The van der Waals surface area contributed by atoms with E-state index >= 15 is 0 Å². The molecule has 0 aliphatic carbocycles. The average Bonchev–Trinajstić information content (AvgIpc) is 3.00. The van der Waals surface area contributed by atoms with Crippen molar-refractivity contribution in [2.24, 2.45) is 11.8 Å². The van der Waals surface area contributed by atoms with Crippen molar-refractivity contribution in [1.29, 1.82) is 0 Å². The Morgan fingerprint density at radius 3 is 2.48 bits per heavy atom. The summed E-state index contributed by atoms with van der Waals surface area (Å²) >= 11 is 0. The quantitative estimate of drug-likeness (QED) is 0.582. The lowest BCUT2D eigenvalue weighted by Crippen LogP contribution is -2.49. The first kappa shape index (κ1) is 28.0. The highest BCUT2D eigenvalue weighted by molar-refractivity contribution is 5.96. The smallest absolute Gasteiger partial charge is 0.254 e. The number of rotatable bonds is 4. The highest BCUT2D eigenvalue weighted by Crippen LogP contribution is 2.32. The molecule has 2 aromatic rings. The Hall–Kier alpha value is -3.59. The van der Waals surface area contributed by atoms with Gasteiger partial charge in [-0.3, -0.25) is 14.4 Å². The van der Waals surface area contributed by atoms with Crippen LogP contribution >= 0.6 is 0 Å². The lowest BCUT2D eigenvalue weighted by atomic mass is 9.80. The summed E-state index contributed by atoms with van der Waals surface area (Å²) in [5, 5.41) is 0. The lowest BCUT2D eigenvalue weighted by molar-refractivity contribution is -0.138. The van der Waals surface area contributed by atoms with Crippen LogP contribution in [0.1, 0.15) is 41.6 Å². The molecule has 3 aliphatic rings. The monoisotopic (exact) mass is 549 g/mol. The molecule has 2 saturated heterocycles. The van der Waals surface area contributed by atoms with E-state index in [1.807, 2.05) is 34.1 Å². The van der Waals surface area contributed by atoms with Gasteiger partial charge < -0.3 is 28.9 Å². The minimum Gasteiger partial charge on any atom is -0.497 e. The van der Waals surface area contributed by atoms with Gasteiger partial charge in [0.1, 0.15) is 18.0 Å². The minimum atomic E-state index is -0.219. The molecular formula is C31H39N3O6. The summed E-state index contributed by atoms with van der Waals surface area (Å²) in [6, 6.07) is 14.7. The van der Waals surface area contributed by atoms with Crippen molar-refractivity contribution in [2.75, 3.05) is 59.7 Å². The van der Waals surface area contributed by atoms with E-state index in [1.54, 1.807) is 36.3 Å². The van der Waals surface area contributed by atoms with Crippen LogP contribution in [0.4, 0.5) is 0 Å². The van der Waals surface area contributed by atoms with Gasteiger partial charge >= 0.3 is 0 Å². The number of hydrogen-bond donors (Lipinski definition) is 0. The molecule has 2 fully saturated rings. The van der Waals surface area contributed by atoms with Gasteiger partial charge in [0.25, 0.3) is 5.91 Å². The van der Waals surface area contributed by atoms with Crippen LogP contribution in [0, 0.1) is 11.8 Å². The molecule has 3 aliphatic heterocycles. The third-order valence-electron chi connectivity index (χ3n) is 8.31. The van der Waals surface area contributed by atoms with Crippen LogP contribution in [-0.2, 0) is 20.9 Å². The molecule has 0 aromatic heterocycles. The topological polar surface area (TPSA) is 88.6 Å². The van der Waals surface area contributed by atoms with Crippen LogP contribution in [0.15, 0.2) is 48.5 Å². The lowest BCUT2D eigenvalue weighted by Gasteiger charge is -2.40. The van der Waals surface area contributed by atoms with Crippen LogP contribution in [0.5, 0.6) is 11.5 Å². The molecule has 40 heavy (non-hydrogen) atoms. The van der Waals surface area contributed by atoms with E-state index in [-0.39, 0.29) is 42.6 Å². The third kappa shape index (κ3) is 6.75. The van der Waals surface area contributed by atoms with Gasteiger partial charge in [0, 0.05) is 43.7 Å². The number of para-hydroxylation sites is 1. The molecule has 0 radical (unpaired) electrons. The predicted molar refractivity (Wildman–Crippen MR) is 149 cm³/mol. The van der Waals surface area contributed by atoms with Crippen LogP contribution in [0.3, 0.4) is 0 Å². The molecular weight excluding hydrogens is 510 g/mol. The summed E-state index contributed by atoms with van der Waals surface area (Å²) in [5.41, 5.74) is 1.36. The van der Waals surface area contributed by atoms with Crippen LogP contribution in [0.25, 0.3) is 0 Å². The van der Waals surface area contributed by atoms with Gasteiger partial charge in [0.2, 0.25) is 11.8 Å². The Labute approximate surface area is 236 Å². The number of ether oxygens (including phenoxy) is 3. The fraction of sp³-hybridized carbons (Fsp3) is 0.516. The first-order chi connectivity index (χ1) is 19.5. The van der Waals surface area contributed by atoms with Crippen molar-refractivity contribution >= 4 is 17.7 Å². The summed E-state index contributed by atoms with van der Waals surface area (Å²) in [5.74, 6) is 1.70. The van der Waals surface area contributed by atoms with Gasteiger partial charge in [-0.15, -0.1) is 0 Å². The maximum Gasteiger partial charge on any atom is 0.254 e. The zero-order valence-corrected chi connectivity index (χ0v) is 23.3. The SMILES string of the molecule is COc1ccc(C(=O)N2CC(=O)N3CC[C@@H](CC(=O)N4CCOCC4)[C@@H](CCCOc4ccccc4C2)C3)cc1. The molecule has 3 amide bonds. The number of benzene rings is 2. The fourth-order valence-electron chi connectivity index (χ4n) is 5.96. The van der Waals surface area contributed by atoms with E-state index in [0.717, 1.165) is 30.6 Å². The van der Waals surface area contributed by atoms with E-state index in [2.05, 4.69) is 0 Å². The molecule has 2 bridgehead atoms. The minimum absolute atomic E-state index is 0.0245. The highest BCUT2D eigenvalue weighted by Gasteiger charge is 2.35. The summed E-state index contributed by atoms with van der Waals surface area (Å²) in [7, 11) is 1.58. The molecule has 9 heteroatoms. The molecule has 5 rings (SSSR count). The zero-order valence-electron chi connectivity index (χ0n) is 23.3. The standard InChI is InChI=1S/C31H39N3O6/c1-38-27-10-8-23(9-11-27)31(37)34-21-26-5-2-3-7-28(26)40-16-4-6-25-20-33(30(36)22-34)13-12-24(25)19-29(35)32-14-17-39-18-15-32/h2-3,5,7-11,24-25H,4,6,12-22H2,1H3/t24-,25-/m0/s1. The Morgan fingerprint density at radius 2 is 1.70 bits per heavy atom. The highest BCUT2D eigenvalue weighted by atomic mass is 16.5. The number of amides is 3. The van der Waals surface area contributed by atoms with Gasteiger partial charge in [0.15, 0.2) is 0 Å². The molecule has 2 aromatic carbocycles. The molecule has 0 saturated carbocycles. The predicted octanol–water partition coefficient (Wildman–Crippen LogP) is 3.22. The molecule has 9 nitrogen and oxygen atoms in total. The van der Waals surface area contributed by atoms with Crippen LogP contribution in [0.2, 0.25) is 0 Å². The summed E-state index contributed by atoms with van der Waals surface area (Å²) in [6.45, 7) is 4.44. The summed E-state index contributed by atoms with van der Waals surface area (Å²) < 4.78 is 16.9. The van der Waals surface area contributed by atoms with Crippen molar-refractivity contribution in [3.05, 3.63) is 59.7 Å². The normalized spacial score (nSPS) is 22.2. The second-order valence-electron chi connectivity index (χ2n) is 10.8. The van der Waals surface area contributed by atoms with Crippen molar-refractivity contribution in [2.45, 2.75) is 32.2 Å². The van der Waals surface area contributed by atoms with Gasteiger partial charge in [-0.25, -0.2) is 0 Å². The Morgan fingerprint density at radius 1 is 0.925 bits per heavy atom. The Bertz CT molecular complexity index is 1180. The first-order valence-electron chi connectivity index (χ1n) is 14.3. The maximum atomic E-state index is 13.7. The van der Waals surface area contributed by atoms with Gasteiger partial charge in [-0.2, -0.15) is 0 Å². The van der Waals surface area contributed by atoms with Crippen LogP contribution < -0.4 is 9.47 Å². The second kappa shape index (κ2) is 13.2. The first-order valence-corrected chi connectivity index (χ1v) is 14.3. The molecule has 2 atom stereocenters. The van der Waals surface area contributed by atoms with Crippen molar-refractivity contribution in [1.82, 2.24) is 14.7 Å². The van der Waals surface area contributed by atoms with Crippen molar-refractivity contribution in [3.8, 4) is 11.5 Å². The number of morpholine rings is 1. The second-order valence-corrected chi connectivity index (χ2v) is 10.8. The maximum absolute atomic E-state index is 13.7. The number of methoxy groups -OCH3 is 1. The third-order valence-corrected chi connectivity index (χ3v) is 8.31. The summed E-state index contributed by atoms with van der Waals surface area (Å²) in [4.78, 5) is 45.8. The number of fused-ring (bicyclic) bond motifs is 3. The Balaban J connectivity index is 1.35. The van der Waals surface area contributed by atoms with Crippen molar-refractivity contribution in [3.63, 3.8) is 0 Å². The Kier molecular flexibility index (Phi) is 9.21. The molecule has 0 unspecified atom stereocenters. The van der Waals surface area contributed by atoms with E-state index in [1.165, 1.54) is 0 Å². The number of hydrogen-bond acceptors (Lipinski definition) is 6. The van der Waals surface area contributed by atoms with E-state index in [9.17, 15) is 14.4 Å². The number of carbonyl (C=O) groups excluding carboxylic acids is 3. The number of nitrogens with zero attached hydrogens (tertiary/aromatic N) is 3.